The Morgan fingerprint density at radius 3 is 1.97 bits per heavy atom. The molecule has 6 atom stereocenters. The predicted molar refractivity (Wildman–Crippen MR) is 225 cm³/mol. The van der Waals surface area contributed by atoms with E-state index < -0.39 is 29.8 Å². The molecule has 312 valence electrons. The molecule has 2 aliphatic carbocycles. The number of ketones is 1. The third kappa shape index (κ3) is 7.64. The summed E-state index contributed by atoms with van der Waals surface area (Å²) in [5.74, 6) is 1.93. The van der Waals surface area contributed by atoms with Crippen LogP contribution in [0.25, 0.3) is 44.4 Å². The smallest absolute Gasteiger partial charge is 0.407 e. The zero-order chi connectivity index (χ0) is 41.7. The first-order valence-corrected chi connectivity index (χ1v) is 21.1. The van der Waals surface area contributed by atoms with Crippen molar-refractivity contribution >= 4 is 34.6 Å². The van der Waals surface area contributed by atoms with E-state index in [-0.39, 0.29) is 35.5 Å². The second-order valence-corrected chi connectivity index (χ2v) is 17.4. The van der Waals surface area contributed by atoms with E-state index in [1.165, 1.54) is 14.2 Å². The highest BCUT2D eigenvalue weighted by atomic mass is 16.5. The number of fused-ring (bicyclic) bond motifs is 1. The van der Waals surface area contributed by atoms with Crippen molar-refractivity contribution in [1.29, 1.82) is 0 Å². The first-order chi connectivity index (χ1) is 29.0. The van der Waals surface area contributed by atoms with Crippen molar-refractivity contribution in [2.24, 2.45) is 23.7 Å². The summed E-state index contributed by atoms with van der Waals surface area (Å²) in [6.07, 6.45) is 7.39. The van der Waals surface area contributed by atoms with Gasteiger partial charge in [0, 0.05) is 12.1 Å². The number of hydrogen-bond donors (Lipinski definition) is 5. The fourth-order valence-corrected chi connectivity index (χ4v) is 9.28. The summed E-state index contributed by atoms with van der Waals surface area (Å²) in [5.41, 5.74) is 4.76. The van der Waals surface area contributed by atoms with Gasteiger partial charge in [-0.2, -0.15) is 0 Å². The number of nitrogens with one attached hydrogen (secondary N) is 5. The number of nitrogens with zero attached hydrogens (tertiary/aromatic N) is 3. The zero-order valence-corrected chi connectivity index (χ0v) is 34.4. The maximum absolute atomic E-state index is 14.2. The molecule has 5 N–H and O–H groups in total. The number of carbonyl (C=O) groups is 4. The van der Waals surface area contributed by atoms with E-state index >= 15 is 0 Å². The summed E-state index contributed by atoms with van der Waals surface area (Å²) >= 11 is 0. The average molecular weight is 813 g/mol. The van der Waals surface area contributed by atoms with Crippen LogP contribution in [0.15, 0.2) is 73.1 Å². The molecular formula is C46H52N8O6. The Bertz CT molecular complexity index is 2440. The van der Waals surface area contributed by atoms with Crippen molar-refractivity contribution in [3.05, 3.63) is 84.7 Å². The Balaban J connectivity index is 0.900. The number of H-pyrrole nitrogens is 2. The molecule has 9 rings (SSSR count). The van der Waals surface area contributed by atoms with Crippen molar-refractivity contribution in [3.8, 4) is 33.6 Å². The first kappa shape index (κ1) is 39.4. The Labute approximate surface area is 348 Å². The number of amides is 3. The lowest BCUT2D eigenvalue weighted by molar-refractivity contribution is -0.135. The number of alkyl carbamates (subject to hydrolysis) is 2. The third-order valence-electron chi connectivity index (χ3n) is 12.8. The largest absolute Gasteiger partial charge is 0.453 e. The van der Waals surface area contributed by atoms with Gasteiger partial charge in [-0.25, -0.2) is 19.6 Å². The van der Waals surface area contributed by atoms with Crippen LogP contribution in [-0.2, 0) is 24.6 Å². The van der Waals surface area contributed by atoms with Gasteiger partial charge in [-0.3, -0.25) is 14.9 Å². The van der Waals surface area contributed by atoms with Gasteiger partial charge in [0.1, 0.15) is 23.2 Å². The molecule has 14 nitrogen and oxygen atoms in total. The van der Waals surface area contributed by atoms with Gasteiger partial charge in [0.2, 0.25) is 5.91 Å². The van der Waals surface area contributed by atoms with Gasteiger partial charge in [0.15, 0.2) is 5.78 Å². The average Bonchev–Trinajstić information content (AvgIpc) is 4.07. The number of carbonyl (C=O) groups excluding carboxylic acids is 4. The van der Waals surface area contributed by atoms with Gasteiger partial charge in [-0.15, -0.1) is 0 Å². The lowest BCUT2D eigenvalue weighted by Crippen LogP contribution is -2.56. The highest BCUT2D eigenvalue weighted by Crippen LogP contribution is 2.42. The van der Waals surface area contributed by atoms with Crippen LogP contribution < -0.4 is 16.0 Å². The van der Waals surface area contributed by atoms with Crippen LogP contribution in [0, 0.1) is 23.7 Å². The van der Waals surface area contributed by atoms with Gasteiger partial charge in [-0.1, -0.05) is 62.4 Å². The van der Waals surface area contributed by atoms with Crippen molar-refractivity contribution in [2.45, 2.75) is 76.0 Å². The lowest BCUT2D eigenvalue weighted by Gasteiger charge is -2.30. The Morgan fingerprint density at radius 2 is 1.32 bits per heavy atom. The van der Waals surface area contributed by atoms with E-state index in [4.69, 9.17) is 19.4 Å². The van der Waals surface area contributed by atoms with Crippen LogP contribution in [0.4, 0.5) is 9.59 Å². The Morgan fingerprint density at radius 1 is 0.733 bits per heavy atom. The van der Waals surface area contributed by atoms with E-state index in [1.807, 2.05) is 11.1 Å². The van der Waals surface area contributed by atoms with Crippen molar-refractivity contribution in [2.75, 3.05) is 27.3 Å². The van der Waals surface area contributed by atoms with Crippen molar-refractivity contribution < 1.29 is 28.7 Å². The topological polar surface area (TPSA) is 183 Å². The molecule has 60 heavy (non-hydrogen) atoms. The summed E-state index contributed by atoms with van der Waals surface area (Å²) in [4.78, 5) is 70.6. The maximum Gasteiger partial charge on any atom is 0.407 e. The molecular weight excluding hydrogens is 761 g/mol. The van der Waals surface area contributed by atoms with Gasteiger partial charge >= 0.3 is 12.2 Å². The normalized spacial score (nSPS) is 23.6. The fourth-order valence-electron chi connectivity index (χ4n) is 9.28. The van der Waals surface area contributed by atoms with Crippen LogP contribution in [0.5, 0.6) is 0 Å². The van der Waals surface area contributed by atoms with Crippen molar-refractivity contribution in [1.82, 2.24) is 40.8 Å². The number of hydrogen-bond acceptors (Lipinski definition) is 9. The number of aromatic nitrogens is 4. The van der Waals surface area contributed by atoms with Gasteiger partial charge in [0.05, 0.1) is 50.1 Å². The molecule has 0 spiro atoms. The van der Waals surface area contributed by atoms with Crippen LogP contribution in [0.2, 0.25) is 0 Å². The zero-order valence-electron chi connectivity index (χ0n) is 34.4. The minimum Gasteiger partial charge on any atom is -0.453 e. The molecule has 2 aliphatic heterocycles. The van der Waals surface area contributed by atoms with Crippen molar-refractivity contribution in [3.63, 3.8) is 0 Å². The molecule has 4 fully saturated rings. The van der Waals surface area contributed by atoms with Gasteiger partial charge in [-0.05, 0) is 108 Å². The number of imidazole rings is 2. The number of ether oxygens (including phenoxy) is 2. The molecule has 3 amide bonds. The highest BCUT2D eigenvalue weighted by molar-refractivity contribution is 5.96. The quantitative estimate of drug-likeness (QED) is 0.0899. The second kappa shape index (κ2) is 15.9. The number of Topliss-reactive ketones (excluding diaryl/α,β-unsaturated/α-hetero) is 1. The lowest BCUT2D eigenvalue weighted by atomic mass is 9.83. The molecule has 2 unspecified atom stereocenters. The number of benzene rings is 3. The number of rotatable bonds is 12. The van der Waals surface area contributed by atoms with E-state index in [0.717, 1.165) is 82.3 Å². The number of likely N-dealkylation sites (tertiary alicyclic amines) is 1. The minimum atomic E-state index is -1.03. The van der Waals surface area contributed by atoms with Crippen LogP contribution in [0.3, 0.4) is 0 Å². The van der Waals surface area contributed by atoms with E-state index in [9.17, 15) is 19.2 Å². The molecule has 2 saturated carbocycles. The number of methoxy groups -OCH3 is 2. The standard InChI is InChI=1S/C46H52N8O6/c1-25-17-37(54(24-25)42(56)39(30-11-12-30)53-45(58)60-4)41-47-22-35(50-41)28-7-5-27(6-8-28)31-13-14-33-19-34(16-15-32(33)18-31)36-23-48-43(51-36)46(20-26(2)21-49-46)40(55)38(29-9-10-29)52-44(57)59-3/h5-8,13-16,18-19,22-23,25-26,29-30,37-39,49H,9-12,17,20-21,24H2,1-4H3,(H,47,50)(H,48,51)(H,52,57)(H,53,58)/t25-,26-,37-,38?,39?,46+/m0/s1. The fraction of sp³-hybridized carbons (Fsp3) is 0.435. The van der Waals surface area contributed by atoms with E-state index in [1.54, 1.807) is 6.20 Å². The summed E-state index contributed by atoms with van der Waals surface area (Å²) in [6.45, 7) is 5.53. The maximum atomic E-state index is 14.2. The van der Waals surface area contributed by atoms with E-state index in [0.29, 0.717) is 31.3 Å². The van der Waals surface area contributed by atoms with Crippen LogP contribution >= 0.6 is 0 Å². The summed E-state index contributed by atoms with van der Waals surface area (Å²) in [6, 6.07) is 19.6. The molecule has 0 bridgehead atoms. The van der Waals surface area contributed by atoms with Gasteiger partial charge in [0.25, 0.3) is 0 Å². The van der Waals surface area contributed by atoms with Gasteiger partial charge < -0.3 is 35.0 Å². The molecule has 5 aromatic rings. The summed E-state index contributed by atoms with van der Waals surface area (Å²) in [7, 11) is 2.63. The molecule has 14 heteroatoms. The molecule has 2 saturated heterocycles. The summed E-state index contributed by atoms with van der Waals surface area (Å²) < 4.78 is 9.67. The Hall–Kier alpha value is -6.02. The first-order valence-electron chi connectivity index (χ1n) is 21.1. The summed E-state index contributed by atoms with van der Waals surface area (Å²) in [5, 5.41) is 11.2. The highest BCUT2D eigenvalue weighted by Gasteiger charge is 2.53. The second-order valence-electron chi connectivity index (χ2n) is 17.4. The molecule has 2 aromatic heterocycles. The Kier molecular flexibility index (Phi) is 10.4. The SMILES string of the molecule is COC(=O)NC(C(=O)N1C[C@@H](C)C[C@H]1c1ncc(-c2ccc(-c3ccc4cc(-c5cnc([C@]6(C(=O)C(NC(=O)OC)C7CC7)C[C@H](C)CN6)[nH]5)ccc4c3)cc2)[nH]1)C1CC1. The van der Waals surface area contributed by atoms with Crippen LogP contribution in [0.1, 0.15) is 70.1 Å². The predicted octanol–water partition coefficient (Wildman–Crippen LogP) is 6.86. The molecule has 4 heterocycles. The third-order valence-corrected chi connectivity index (χ3v) is 12.8. The monoisotopic (exact) mass is 812 g/mol. The molecule has 4 aliphatic rings. The number of aromatic amines is 2. The van der Waals surface area contributed by atoms with Crippen LogP contribution in [-0.4, -0.2) is 88.1 Å². The molecule has 3 aromatic carbocycles. The molecule has 0 radical (unpaired) electrons. The van der Waals surface area contributed by atoms with E-state index in [2.05, 4.69) is 100 Å². The minimum absolute atomic E-state index is 0.0797.